The Kier molecular flexibility index (Phi) is 4.91. The summed E-state index contributed by atoms with van der Waals surface area (Å²) in [7, 11) is 0. The molecule has 1 atom stereocenters. The number of hydrogen-bond acceptors (Lipinski definition) is 3. The fraction of sp³-hybridized carbons (Fsp3) is 0.750. The smallest absolute Gasteiger partial charge is 0.410 e. The van der Waals surface area contributed by atoms with Crippen molar-refractivity contribution in [3.05, 3.63) is 12.2 Å². The van der Waals surface area contributed by atoms with Crippen LogP contribution >= 0.6 is 0 Å². The van der Waals surface area contributed by atoms with Crippen LogP contribution in [0.5, 0.6) is 0 Å². The van der Waals surface area contributed by atoms with Gasteiger partial charge in [-0.3, -0.25) is 4.79 Å². The quantitative estimate of drug-likeness (QED) is 0.813. The van der Waals surface area contributed by atoms with Crippen molar-refractivity contribution in [2.75, 3.05) is 13.1 Å². The van der Waals surface area contributed by atoms with Gasteiger partial charge in [0.1, 0.15) is 5.60 Å². The lowest BCUT2D eigenvalue weighted by atomic mass is 9.95. The van der Waals surface area contributed by atoms with Gasteiger partial charge in [0, 0.05) is 31.5 Å². The molecular formula is C16H26N2O3. The Morgan fingerprint density at radius 2 is 2.00 bits per heavy atom. The van der Waals surface area contributed by atoms with Crippen LogP contribution in [0.3, 0.4) is 0 Å². The van der Waals surface area contributed by atoms with Crippen LogP contribution in [0.4, 0.5) is 4.79 Å². The Labute approximate surface area is 126 Å². The Bertz CT molecular complexity index is 420. The van der Waals surface area contributed by atoms with Gasteiger partial charge in [-0.2, -0.15) is 0 Å². The highest BCUT2D eigenvalue weighted by atomic mass is 16.6. The molecule has 0 spiro atoms. The van der Waals surface area contributed by atoms with Crippen molar-refractivity contribution >= 4 is 12.0 Å². The van der Waals surface area contributed by atoms with E-state index in [-0.39, 0.29) is 24.0 Å². The molecule has 1 saturated heterocycles. The van der Waals surface area contributed by atoms with Crippen molar-refractivity contribution in [3.8, 4) is 0 Å². The summed E-state index contributed by atoms with van der Waals surface area (Å²) in [5.41, 5.74) is -0.464. The maximum atomic E-state index is 11.9. The van der Waals surface area contributed by atoms with E-state index in [1.807, 2.05) is 20.8 Å². The van der Waals surface area contributed by atoms with E-state index >= 15 is 0 Å². The first-order valence-corrected chi connectivity index (χ1v) is 7.76. The van der Waals surface area contributed by atoms with Gasteiger partial charge in [0.05, 0.1) is 0 Å². The first-order chi connectivity index (χ1) is 9.83. The van der Waals surface area contributed by atoms with Gasteiger partial charge in [0.25, 0.3) is 0 Å². The lowest BCUT2D eigenvalue weighted by Crippen LogP contribution is -2.53. The molecule has 1 unspecified atom stereocenters. The molecule has 1 fully saturated rings. The lowest BCUT2D eigenvalue weighted by Gasteiger charge is -2.39. The van der Waals surface area contributed by atoms with Gasteiger partial charge in [-0.1, -0.05) is 12.2 Å². The van der Waals surface area contributed by atoms with Crippen LogP contribution in [-0.2, 0) is 9.53 Å². The van der Waals surface area contributed by atoms with Gasteiger partial charge < -0.3 is 15.0 Å². The number of nitrogens with zero attached hydrogens (tertiary/aromatic N) is 1. The zero-order valence-electron chi connectivity index (χ0n) is 13.2. The van der Waals surface area contributed by atoms with E-state index in [1.54, 1.807) is 4.90 Å². The van der Waals surface area contributed by atoms with Crippen LogP contribution in [0.15, 0.2) is 12.2 Å². The molecule has 1 aliphatic heterocycles. The van der Waals surface area contributed by atoms with E-state index in [0.717, 1.165) is 19.3 Å². The van der Waals surface area contributed by atoms with Gasteiger partial charge in [-0.05, 0) is 40.0 Å². The molecule has 0 aromatic carbocycles. The predicted octanol–water partition coefficient (Wildman–Crippen LogP) is 2.47. The van der Waals surface area contributed by atoms with Crippen molar-refractivity contribution in [2.45, 2.75) is 58.1 Å². The fourth-order valence-corrected chi connectivity index (χ4v) is 2.65. The third kappa shape index (κ3) is 5.06. The first-order valence-electron chi connectivity index (χ1n) is 7.76. The summed E-state index contributed by atoms with van der Waals surface area (Å²) in [6, 6.07) is 0.282. The molecule has 2 rings (SSSR count). The minimum atomic E-state index is -0.464. The van der Waals surface area contributed by atoms with Crippen LogP contribution in [0.2, 0.25) is 0 Å². The van der Waals surface area contributed by atoms with Gasteiger partial charge in [-0.25, -0.2) is 4.79 Å². The molecule has 1 heterocycles. The summed E-state index contributed by atoms with van der Waals surface area (Å²) < 4.78 is 5.30. The van der Waals surface area contributed by atoms with Crippen LogP contribution in [0.1, 0.15) is 46.5 Å². The number of rotatable bonds is 3. The second kappa shape index (κ2) is 6.50. The van der Waals surface area contributed by atoms with Crippen LogP contribution < -0.4 is 5.32 Å². The highest BCUT2D eigenvalue weighted by Crippen LogP contribution is 2.22. The Hall–Kier alpha value is -1.52. The summed E-state index contributed by atoms with van der Waals surface area (Å²) in [6.07, 6.45) is 7.50. The number of ether oxygens (including phenoxy) is 1. The number of allylic oxidation sites excluding steroid dienone is 1. The number of carbonyl (C=O) groups is 2. The van der Waals surface area contributed by atoms with Crippen molar-refractivity contribution in [1.29, 1.82) is 0 Å². The molecular weight excluding hydrogens is 268 g/mol. The molecule has 0 aromatic rings. The molecule has 0 aromatic heterocycles. The van der Waals surface area contributed by atoms with E-state index in [2.05, 4.69) is 17.5 Å². The summed E-state index contributed by atoms with van der Waals surface area (Å²) in [6.45, 7) is 6.80. The zero-order chi connectivity index (χ0) is 15.5. The van der Waals surface area contributed by atoms with Crippen molar-refractivity contribution in [3.63, 3.8) is 0 Å². The minimum Gasteiger partial charge on any atom is -0.444 e. The molecule has 5 heteroatoms. The molecule has 118 valence electrons. The molecule has 2 aliphatic rings. The molecule has 1 aliphatic carbocycles. The normalized spacial score (nSPS) is 22.6. The van der Waals surface area contributed by atoms with E-state index in [9.17, 15) is 9.59 Å². The molecule has 0 bridgehead atoms. The highest BCUT2D eigenvalue weighted by Gasteiger charge is 2.34. The zero-order valence-corrected chi connectivity index (χ0v) is 13.2. The second-order valence-electron chi connectivity index (χ2n) is 7.00. The van der Waals surface area contributed by atoms with Gasteiger partial charge in [0.15, 0.2) is 0 Å². The van der Waals surface area contributed by atoms with Crippen LogP contribution in [0.25, 0.3) is 0 Å². The highest BCUT2D eigenvalue weighted by molar-refractivity contribution is 5.77. The van der Waals surface area contributed by atoms with Gasteiger partial charge >= 0.3 is 6.09 Å². The number of carbonyl (C=O) groups excluding carboxylic acids is 2. The maximum Gasteiger partial charge on any atom is 0.410 e. The molecule has 5 nitrogen and oxygen atoms in total. The number of hydrogen-bond donors (Lipinski definition) is 1. The molecule has 0 saturated carbocycles. The van der Waals surface area contributed by atoms with Crippen molar-refractivity contribution < 1.29 is 14.3 Å². The average molecular weight is 294 g/mol. The SMILES string of the molecule is CC(C)(C)OC(=O)N1CC(CC(=O)NC2CC=CCC2)C1. The van der Waals surface area contributed by atoms with Crippen molar-refractivity contribution in [1.82, 2.24) is 10.2 Å². The summed E-state index contributed by atoms with van der Waals surface area (Å²) >= 11 is 0. The number of nitrogens with one attached hydrogen (secondary N) is 1. The summed E-state index contributed by atoms with van der Waals surface area (Å²) in [4.78, 5) is 25.4. The third-order valence-corrected chi connectivity index (χ3v) is 3.72. The maximum absolute atomic E-state index is 11.9. The first kappa shape index (κ1) is 15.9. The van der Waals surface area contributed by atoms with E-state index in [4.69, 9.17) is 4.74 Å². The molecule has 1 N–H and O–H groups in total. The molecule has 21 heavy (non-hydrogen) atoms. The second-order valence-corrected chi connectivity index (χ2v) is 7.00. The Balaban J connectivity index is 1.64. The number of likely N-dealkylation sites (tertiary alicyclic amines) is 1. The Morgan fingerprint density at radius 3 is 2.57 bits per heavy atom. The van der Waals surface area contributed by atoms with E-state index in [1.165, 1.54) is 0 Å². The third-order valence-electron chi connectivity index (χ3n) is 3.72. The Morgan fingerprint density at radius 1 is 1.29 bits per heavy atom. The van der Waals surface area contributed by atoms with Gasteiger partial charge in [-0.15, -0.1) is 0 Å². The standard InChI is InChI=1S/C16H26N2O3/c1-16(2,3)21-15(20)18-10-12(11-18)9-14(19)17-13-7-5-4-6-8-13/h4-5,12-13H,6-11H2,1-3H3,(H,17,19). The van der Waals surface area contributed by atoms with E-state index < -0.39 is 5.60 Å². The molecule has 2 amide bonds. The summed E-state index contributed by atoms with van der Waals surface area (Å²) in [5.74, 6) is 0.362. The minimum absolute atomic E-state index is 0.101. The fourth-order valence-electron chi connectivity index (χ4n) is 2.65. The average Bonchev–Trinajstić information content (AvgIpc) is 2.32. The van der Waals surface area contributed by atoms with E-state index in [0.29, 0.717) is 19.5 Å². The van der Waals surface area contributed by atoms with Gasteiger partial charge in [0.2, 0.25) is 5.91 Å². The summed E-state index contributed by atoms with van der Waals surface area (Å²) in [5, 5.41) is 3.08. The predicted molar refractivity (Wildman–Crippen MR) is 80.8 cm³/mol. The lowest BCUT2D eigenvalue weighted by molar-refractivity contribution is -0.124. The largest absolute Gasteiger partial charge is 0.444 e. The topological polar surface area (TPSA) is 58.6 Å². The molecule has 0 radical (unpaired) electrons. The number of amides is 2. The van der Waals surface area contributed by atoms with Crippen LogP contribution in [-0.4, -0.2) is 41.6 Å². The van der Waals surface area contributed by atoms with Crippen LogP contribution in [0, 0.1) is 5.92 Å². The monoisotopic (exact) mass is 294 g/mol. The van der Waals surface area contributed by atoms with Crippen molar-refractivity contribution in [2.24, 2.45) is 5.92 Å².